The molecule has 3 aromatic rings. The zero-order valence-corrected chi connectivity index (χ0v) is 10.2. The van der Waals surface area contributed by atoms with Crippen molar-refractivity contribution in [1.29, 1.82) is 0 Å². The van der Waals surface area contributed by atoms with Crippen molar-refractivity contribution in [3.63, 3.8) is 0 Å². The van der Waals surface area contributed by atoms with Gasteiger partial charge in [0.1, 0.15) is 0 Å². The highest BCUT2D eigenvalue weighted by molar-refractivity contribution is 7.22. The number of hydrogen-bond donors (Lipinski definition) is 1. The molecule has 0 saturated carbocycles. The van der Waals surface area contributed by atoms with E-state index in [9.17, 15) is 0 Å². The molecule has 3 aromatic heterocycles. The minimum absolute atomic E-state index is 0.529. The van der Waals surface area contributed by atoms with Crippen molar-refractivity contribution in [2.45, 2.75) is 0 Å². The predicted molar refractivity (Wildman–Crippen MR) is 68.5 cm³/mol. The number of rotatable bonds is 3. The van der Waals surface area contributed by atoms with Crippen molar-refractivity contribution in [2.75, 3.05) is 5.32 Å². The fourth-order valence-corrected chi connectivity index (χ4v) is 2.76. The van der Waals surface area contributed by atoms with Gasteiger partial charge >= 0.3 is 0 Å². The molecule has 0 saturated heterocycles. The van der Waals surface area contributed by atoms with Crippen LogP contribution < -0.4 is 5.32 Å². The van der Waals surface area contributed by atoms with Crippen molar-refractivity contribution in [1.82, 2.24) is 20.2 Å². The van der Waals surface area contributed by atoms with Gasteiger partial charge in [0, 0.05) is 12.4 Å². The lowest BCUT2D eigenvalue weighted by Gasteiger charge is -1.96. The van der Waals surface area contributed by atoms with Gasteiger partial charge in [-0.05, 0) is 17.5 Å². The van der Waals surface area contributed by atoms with E-state index in [1.807, 2.05) is 17.5 Å². The van der Waals surface area contributed by atoms with Crippen LogP contribution in [0.25, 0.3) is 9.88 Å². The fourth-order valence-electron chi connectivity index (χ4n) is 1.23. The standard InChI is InChI=1S/C10H7N5S2/c1-3-7(16-6-1)8-14-15-10(17-8)13-9-11-4-2-5-12-9/h1-6H,(H,11,12,13,15). The average Bonchev–Trinajstić information content (AvgIpc) is 3.00. The summed E-state index contributed by atoms with van der Waals surface area (Å²) < 4.78 is 0. The van der Waals surface area contributed by atoms with E-state index in [1.165, 1.54) is 11.3 Å². The SMILES string of the molecule is c1cnc(Nc2nnc(-c3cccs3)s2)nc1. The van der Waals surface area contributed by atoms with E-state index < -0.39 is 0 Å². The van der Waals surface area contributed by atoms with Gasteiger partial charge in [0.05, 0.1) is 4.88 Å². The van der Waals surface area contributed by atoms with Gasteiger partial charge in [0.2, 0.25) is 11.1 Å². The van der Waals surface area contributed by atoms with E-state index >= 15 is 0 Å². The quantitative estimate of drug-likeness (QED) is 0.785. The summed E-state index contributed by atoms with van der Waals surface area (Å²) in [5.41, 5.74) is 0. The highest BCUT2D eigenvalue weighted by Crippen LogP contribution is 2.30. The van der Waals surface area contributed by atoms with Gasteiger partial charge < -0.3 is 0 Å². The summed E-state index contributed by atoms with van der Waals surface area (Å²) in [6.07, 6.45) is 3.35. The zero-order chi connectivity index (χ0) is 11.5. The second-order valence-corrected chi connectivity index (χ2v) is 5.01. The minimum atomic E-state index is 0.529. The lowest BCUT2D eigenvalue weighted by atomic mass is 10.5. The third-order valence-electron chi connectivity index (χ3n) is 1.94. The highest BCUT2D eigenvalue weighted by atomic mass is 32.1. The molecule has 0 unspecified atom stereocenters. The number of thiophene rings is 1. The highest BCUT2D eigenvalue weighted by Gasteiger charge is 2.07. The number of hydrogen-bond acceptors (Lipinski definition) is 7. The Morgan fingerprint density at radius 3 is 2.71 bits per heavy atom. The zero-order valence-electron chi connectivity index (χ0n) is 8.57. The first-order valence-electron chi connectivity index (χ1n) is 4.83. The Labute approximate surface area is 105 Å². The van der Waals surface area contributed by atoms with Crippen molar-refractivity contribution < 1.29 is 0 Å². The van der Waals surface area contributed by atoms with E-state index in [4.69, 9.17) is 0 Å². The Morgan fingerprint density at radius 1 is 1.06 bits per heavy atom. The summed E-state index contributed by atoms with van der Waals surface area (Å²) in [6, 6.07) is 5.78. The van der Waals surface area contributed by atoms with Crippen molar-refractivity contribution >= 4 is 33.8 Å². The summed E-state index contributed by atoms with van der Waals surface area (Å²) >= 11 is 3.13. The molecule has 0 aliphatic heterocycles. The van der Waals surface area contributed by atoms with Crippen LogP contribution >= 0.6 is 22.7 Å². The molecule has 0 atom stereocenters. The smallest absolute Gasteiger partial charge is 0.228 e. The van der Waals surface area contributed by atoms with E-state index in [0.29, 0.717) is 11.1 Å². The molecule has 17 heavy (non-hydrogen) atoms. The van der Waals surface area contributed by atoms with Gasteiger partial charge in [-0.2, -0.15) is 0 Å². The van der Waals surface area contributed by atoms with Crippen LogP contribution in [0.4, 0.5) is 11.1 Å². The lowest BCUT2D eigenvalue weighted by Crippen LogP contribution is -1.94. The Kier molecular flexibility index (Phi) is 2.76. The van der Waals surface area contributed by atoms with Gasteiger partial charge in [-0.1, -0.05) is 17.4 Å². The number of nitrogens with zero attached hydrogens (tertiary/aromatic N) is 4. The molecule has 0 spiro atoms. The molecule has 1 N–H and O–H groups in total. The minimum Gasteiger partial charge on any atom is -0.299 e. The van der Waals surface area contributed by atoms with E-state index in [0.717, 1.165) is 9.88 Å². The first-order chi connectivity index (χ1) is 8.42. The number of nitrogens with one attached hydrogen (secondary N) is 1. The molecule has 84 valence electrons. The van der Waals surface area contributed by atoms with Gasteiger partial charge in [-0.15, -0.1) is 21.5 Å². The molecular weight excluding hydrogens is 254 g/mol. The van der Waals surface area contributed by atoms with E-state index in [2.05, 4.69) is 25.5 Å². The normalized spacial score (nSPS) is 10.4. The Bertz CT molecular complexity index is 590. The maximum atomic E-state index is 4.12. The molecular formula is C10H7N5S2. The van der Waals surface area contributed by atoms with E-state index in [-0.39, 0.29) is 0 Å². The van der Waals surface area contributed by atoms with Crippen LogP contribution in [-0.4, -0.2) is 20.2 Å². The van der Waals surface area contributed by atoms with Crippen LogP contribution in [0.5, 0.6) is 0 Å². The molecule has 0 fully saturated rings. The Morgan fingerprint density at radius 2 is 1.94 bits per heavy atom. The van der Waals surface area contributed by atoms with Crippen molar-refractivity contribution in [2.24, 2.45) is 0 Å². The first kappa shape index (κ1) is 10.3. The lowest BCUT2D eigenvalue weighted by molar-refractivity contribution is 1.08. The average molecular weight is 261 g/mol. The molecule has 0 aliphatic carbocycles. The van der Waals surface area contributed by atoms with Crippen LogP contribution in [0.2, 0.25) is 0 Å². The molecule has 3 heterocycles. The van der Waals surface area contributed by atoms with Crippen molar-refractivity contribution in [3.8, 4) is 9.88 Å². The predicted octanol–water partition coefficient (Wildman–Crippen LogP) is 2.80. The largest absolute Gasteiger partial charge is 0.299 e. The third-order valence-corrected chi connectivity index (χ3v) is 3.82. The summed E-state index contributed by atoms with van der Waals surface area (Å²) in [5, 5.41) is 14.8. The maximum absolute atomic E-state index is 4.12. The van der Waals surface area contributed by atoms with Gasteiger partial charge in [0.25, 0.3) is 0 Å². The number of anilines is 2. The topological polar surface area (TPSA) is 63.6 Å². The molecule has 0 amide bonds. The third kappa shape index (κ3) is 2.29. The molecule has 0 aliphatic rings. The molecule has 0 bridgehead atoms. The van der Waals surface area contributed by atoms with Gasteiger partial charge in [-0.25, -0.2) is 9.97 Å². The summed E-state index contributed by atoms with van der Waals surface area (Å²) in [6.45, 7) is 0. The van der Waals surface area contributed by atoms with Crippen LogP contribution in [0.1, 0.15) is 0 Å². The molecule has 0 aromatic carbocycles. The van der Waals surface area contributed by atoms with E-state index in [1.54, 1.807) is 29.8 Å². The fraction of sp³-hybridized carbons (Fsp3) is 0. The van der Waals surface area contributed by atoms with Gasteiger partial charge in [-0.3, -0.25) is 5.32 Å². The molecule has 5 nitrogen and oxygen atoms in total. The molecule has 7 heteroatoms. The van der Waals surface area contributed by atoms with Crippen LogP contribution in [0.3, 0.4) is 0 Å². The van der Waals surface area contributed by atoms with Crippen LogP contribution in [0, 0.1) is 0 Å². The van der Waals surface area contributed by atoms with Crippen LogP contribution in [0.15, 0.2) is 36.0 Å². The summed E-state index contributed by atoms with van der Waals surface area (Å²) in [7, 11) is 0. The summed E-state index contributed by atoms with van der Waals surface area (Å²) in [5.74, 6) is 0.529. The summed E-state index contributed by atoms with van der Waals surface area (Å²) in [4.78, 5) is 9.25. The number of aromatic nitrogens is 4. The molecule has 3 rings (SSSR count). The Balaban J connectivity index is 1.82. The monoisotopic (exact) mass is 261 g/mol. The Hall–Kier alpha value is -1.86. The first-order valence-corrected chi connectivity index (χ1v) is 6.53. The van der Waals surface area contributed by atoms with Crippen molar-refractivity contribution in [3.05, 3.63) is 36.0 Å². The molecule has 0 radical (unpaired) electrons. The second kappa shape index (κ2) is 4.56. The van der Waals surface area contributed by atoms with Gasteiger partial charge in [0.15, 0.2) is 5.01 Å². The van der Waals surface area contributed by atoms with Crippen LogP contribution in [-0.2, 0) is 0 Å². The second-order valence-electron chi connectivity index (χ2n) is 3.09. The maximum Gasteiger partial charge on any atom is 0.228 e.